The van der Waals surface area contributed by atoms with Crippen LogP contribution in [0.3, 0.4) is 0 Å². The minimum Gasteiger partial charge on any atom is -0.482 e. The Bertz CT molecular complexity index is 515. The van der Waals surface area contributed by atoms with Crippen LogP contribution in [0.1, 0.15) is 0 Å². The summed E-state index contributed by atoms with van der Waals surface area (Å²) in [4.78, 5) is 10.9. The molecule has 0 bridgehead atoms. The number of methoxy groups -OCH3 is 1. The molecule has 1 rings (SSSR count). The molecule has 0 aromatic heterocycles. The van der Waals surface area contributed by atoms with E-state index in [1.807, 2.05) is 0 Å². The van der Waals surface area contributed by atoms with Crippen LogP contribution >= 0.6 is 0 Å². The standard InChI is InChI=1S/C10H14N2O5S/c1-11-18(14,15)12-8-4-3-5-9(6-8)17-7-10(13)16-2/h3-6,11-12H,7H2,1-2H3. The van der Waals surface area contributed by atoms with E-state index in [9.17, 15) is 13.2 Å². The lowest BCUT2D eigenvalue weighted by molar-refractivity contribution is -0.142. The highest BCUT2D eigenvalue weighted by Gasteiger charge is 2.07. The highest BCUT2D eigenvalue weighted by molar-refractivity contribution is 7.90. The van der Waals surface area contributed by atoms with E-state index in [0.717, 1.165) is 0 Å². The summed E-state index contributed by atoms with van der Waals surface area (Å²) in [6.07, 6.45) is 0. The van der Waals surface area contributed by atoms with E-state index in [0.29, 0.717) is 11.4 Å². The minimum atomic E-state index is -3.57. The summed E-state index contributed by atoms with van der Waals surface area (Å²) in [7, 11) is -1.03. The minimum absolute atomic E-state index is 0.237. The molecule has 0 fully saturated rings. The lowest BCUT2D eigenvalue weighted by atomic mass is 10.3. The predicted molar refractivity (Wildman–Crippen MR) is 65.6 cm³/mol. The second kappa shape index (κ2) is 6.22. The number of hydrogen-bond donors (Lipinski definition) is 2. The predicted octanol–water partition coefficient (Wildman–Crippen LogP) is 0.114. The van der Waals surface area contributed by atoms with Crippen molar-refractivity contribution in [2.45, 2.75) is 0 Å². The van der Waals surface area contributed by atoms with E-state index in [1.165, 1.54) is 20.2 Å². The zero-order valence-electron chi connectivity index (χ0n) is 9.97. The van der Waals surface area contributed by atoms with Crippen LogP contribution in [0.15, 0.2) is 24.3 Å². The first-order valence-electron chi connectivity index (χ1n) is 4.98. The monoisotopic (exact) mass is 274 g/mol. The van der Waals surface area contributed by atoms with Gasteiger partial charge in [0.25, 0.3) is 10.2 Å². The molecule has 0 amide bonds. The Morgan fingerprint density at radius 2 is 2.11 bits per heavy atom. The average molecular weight is 274 g/mol. The molecule has 0 saturated carbocycles. The highest BCUT2D eigenvalue weighted by Crippen LogP contribution is 2.17. The lowest BCUT2D eigenvalue weighted by Gasteiger charge is -2.09. The fourth-order valence-electron chi connectivity index (χ4n) is 1.06. The van der Waals surface area contributed by atoms with Crippen LogP contribution in [0, 0.1) is 0 Å². The van der Waals surface area contributed by atoms with Gasteiger partial charge in [-0.25, -0.2) is 9.52 Å². The van der Waals surface area contributed by atoms with Gasteiger partial charge in [-0.1, -0.05) is 6.07 Å². The van der Waals surface area contributed by atoms with E-state index in [-0.39, 0.29) is 6.61 Å². The number of carbonyl (C=O) groups is 1. The average Bonchev–Trinajstić information content (AvgIpc) is 2.36. The summed E-state index contributed by atoms with van der Waals surface area (Å²) in [6, 6.07) is 6.21. The first-order chi connectivity index (χ1) is 8.46. The fourth-order valence-corrected chi connectivity index (χ4v) is 1.60. The molecule has 0 atom stereocenters. The second-order valence-electron chi connectivity index (χ2n) is 3.20. The molecule has 0 aliphatic rings. The van der Waals surface area contributed by atoms with Gasteiger partial charge in [0, 0.05) is 13.1 Å². The number of carbonyl (C=O) groups excluding carboxylic acids is 1. The van der Waals surface area contributed by atoms with Crippen molar-refractivity contribution < 1.29 is 22.7 Å². The van der Waals surface area contributed by atoms with Crippen molar-refractivity contribution in [1.29, 1.82) is 0 Å². The van der Waals surface area contributed by atoms with Crippen molar-refractivity contribution in [1.82, 2.24) is 4.72 Å². The Kier molecular flexibility index (Phi) is 4.93. The second-order valence-corrected chi connectivity index (χ2v) is 4.82. The van der Waals surface area contributed by atoms with E-state index in [2.05, 4.69) is 14.2 Å². The number of esters is 1. The Balaban J connectivity index is 2.71. The Labute approximate surface area is 105 Å². The van der Waals surface area contributed by atoms with Gasteiger partial charge < -0.3 is 9.47 Å². The van der Waals surface area contributed by atoms with Crippen LogP contribution in [0.5, 0.6) is 5.75 Å². The molecule has 0 spiro atoms. The number of hydrogen-bond acceptors (Lipinski definition) is 5. The SMILES string of the molecule is CNS(=O)(=O)Nc1cccc(OCC(=O)OC)c1. The fraction of sp³-hybridized carbons (Fsp3) is 0.300. The maximum atomic E-state index is 11.3. The normalized spacial score (nSPS) is 10.8. The van der Waals surface area contributed by atoms with Gasteiger partial charge in [0.05, 0.1) is 12.8 Å². The van der Waals surface area contributed by atoms with Gasteiger partial charge in [-0.05, 0) is 12.1 Å². The molecule has 7 nitrogen and oxygen atoms in total. The molecular weight excluding hydrogens is 260 g/mol. The first-order valence-corrected chi connectivity index (χ1v) is 6.46. The first kappa shape index (κ1) is 14.3. The molecule has 18 heavy (non-hydrogen) atoms. The van der Waals surface area contributed by atoms with E-state index in [1.54, 1.807) is 18.2 Å². The highest BCUT2D eigenvalue weighted by atomic mass is 32.2. The summed E-state index contributed by atoms with van der Waals surface area (Å²) < 4.78 is 36.4. The Morgan fingerprint density at radius 1 is 1.39 bits per heavy atom. The van der Waals surface area contributed by atoms with Gasteiger partial charge >= 0.3 is 5.97 Å². The number of benzene rings is 1. The van der Waals surface area contributed by atoms with E-state index in [4.69, 9.17) is 4.74 Å². The topological polar surface area (TPSA) is 93.7 Å². The van der Waals surface area contributed by atoms with E-state index < -0.39 is 16.2 Å². The molecule has 0 aliphatic carbocycles. The Hall–Kier alpha value is -1.80. The number of rotatable bonds is 6. The van der Waals surface area contributed by atoms with Crippen LogP contribution in [0.2, 0.25) is 0 Å². The van der Waals surface area contributed by atoms with Gasteiger partial charge in [0.15, 0.2) is 6.61 Å². The molecule has 0 heterocycles. The summed E-state index contributed by atoms with van der Waals surface area (Å²) in [5.41, 5.74) is 0.326. The third kappa shape index (κ3) is 4.60. The number of anilines is 1. The quantitative estimate of drug-likeness (QED) is 0.718. The molecule has 0 saturated heterocycles. The Morgan fingerprint density at radius 3 is 2.72 bits per heavy atom. The van der Waals surface area contributed by atoms with Gasteiger partial charge in [0.2, 0.25) is 0 Å². The molecule has 100 valence electrons. The van der Waals surface area contributed by atoms with Crippen molar-refractivity contribution in [2.24, 2.45) is 0 Å². The van der Waals surface area contributed by atoms with Crippen molar-refractivity contribution >= 4 is 21.9 Å². The summed E-state index contributed by atoms with van der Waals surface area (Å²) in [5, 5.41) is 0. The molecule has 2 N–H and O–H groups in total. The van der Waals surface area contributed by atoms with Gasteiger partial charge in [-0.15, -0.1) is 0 Å². The van der Waals surface area contributed by atoms with Crippen LogP contribution < -0.4 is 14.2 Å². The van der Waals surface area contributed by atoms with Crippen LogP contribution in [-0.4, -0.2) is 35.2 Å². The summed E-state index contributed by atoms with van der Waals surface area (Å²) >= 11 is 0. The smallest absolute Gasteiger partial charge is 0.343 e. The summed E-state index contributed by atoms with van der Waals surface area (Å²) in [6.45, 7) is -0.237. The van der Waals surface area contributed by atoms with E-state index >= 15 is 0 Å². The molecule has 0 aliphatic heterocycles. The van der Waals surface area contributed by atoms with Gasteiger partial charge in [-0.3, -0.25) is 4.72 Å². The molecule has 1 aromatic carbocycles. The zero-order valence-corrected chi connectivity index (χ0v) is 10.8. The van der Waals surface area contributed by atoms with Crippen molar-refractivity contribution in [2.75, 3.05) is 25.5 Å². The molecule has 0 unspecified atom stereocenters. The zero-order chi connectivity index (χ0) is 13.6. The van der Waals surface area contributed by atoms with Gasteiger partial charge in [0.1, 0.15) is 5.75 Å². The van der Waals surface area contributed by atoms with Crippen LogP contribution in [0.4, 0.5) is 5.69 Å². The number of nitrogens with one attached hydrogen (secondary N) is 2. The van der Waals surface area contributed by atoms with Crippen molar-refractivity contribution in [3.8, 4) is 5.75 Å². The van der Waals surface area contributed by atoms with Crippen LogP contribution in [0.25, 0.3) is 0 Å². The molecule has 1 aromatic rings. The lowest BCUT2D eigenvalue weighted by Crippen LogP contribution is -2.26. The number of ether oxygens (including phenoxy) is 2. The van der Waals surface area contributed by atoms with Crippen molar-refractivity contribution in [3.63, 3.8) is 0 Å². The van der Waals surface area contributed by atoms with Crippen LogP contribution in [-0.2, 0) is 19.7 Å². The molecule has 0 radical (unpaired) electrons. The maximum absolute atomic E-state index is 11.3. The van der Waals surface area contributed by atoms with Crippen molar-refractivity contribution in [3.05, 3.63) is 24.3 Å². The van der Waals surface area contributed by atoms with Gasteiger partial charge in [-0.2, -0.15) is 8.42 Å². The molecule has 8 heteroatoms. The maximum Gasteiger partial charge on any atom is 0.343 e. The molecular formula is C10H14N2O5S. The third-order valence-electron chi connectivity index (χ3n) is 1.94. The largest absolute Gasteiger partial charge is 0.482 e. The summed E-state index contributed by atoms with van der Waals surface area (Å²) in [5.74, 6) is -0.159. The third-order valence-corrected chi connectivity index (χ3v) is 2.98.